The molecule has 2 aliphatic rings. The number of rotatable bonds is 2. The molecular weight excluding hydrogens is 292 g/mol. The van der Waals surface area contributed by atoms with Crippen molar-refractivity contribution in [2.75, 3.05) is 26.3 Å². The average molecular weight is 314 g/mol. The lowest BCUT2D eigenvalue weighted by Crippen LogP contribution is -2.52. The van der Waals surface area contributed by atoms with E-state index in [1.807, 2.05) is 36.1 Å². The molecule has 23 heavy (non-hydrogen) atoms. The van der Waals surface area contributed by atoms with Crippen molar-refractivity contribution in [1.29, 1.82) is 0 Å². The maximum absolute atomic E-state index is 12.8. The van der Waals surface area contributed by atoms with Gasteiger partial charge in [0, 0.05) is 42.1 Å². The predicted octanol–water partition coefficient (Wildman–Crippen LogP) is 1.86. The van der Waals surface area contributed by atoms with E-state index in [0.717, 1.165) is 28.7 Å². The highest BCUT2D eigenvalue weighted by atomic mass is 16.5. The summed E-state index contributed by atoms with van der Waals surface area (Å²) in [5, 5.41) is 1.03. The number of hydrogen-bond acceptors (Lipinski definition) is 4. The van der Waals surface area contributed by atoms with Gasteiger partial charge in [-0.15, -0.1) is 0 Å². The van der Waals surface area contributed by atoms with E-state index in [0.29, 0.717) is 32.7 Å². The SMILES string of the molecule is Cc1oc2ccccc2c1CC(=O)N1C[C@@H]2COCC[C@]2(N)C1. The number of aryl methyl sites for hydroxylation is 1. The van der Waals surface area contributed by atoms with Gasteiger partial charge in [-0.1, -0.05) is 18.2 Å². The first kappa shape index (κ1) is 14.7. The summed E-state index contributed by atoms with van der Waals surface area (Å²) in [6, 6.07) is 7.87. The highest BCUT2D eigenvalue weighted by Crippen LogP contribution is 2.33. The first-order valence-corrected chi connectivity index (χ1v) is 8.18. The molecule has 2 N–H and O–H groups in total. The molecular formula is C18H22N2O3. The highest BCUT2D eigenvalue weighted by Gasteiger charge is 2.46. The zero-order valence-electron chi connectivity index (χ0n) is 13.4. The average Bonchev–Trinajstić information content (AvgIpc) is 3.05. The Labute approximate surface area is 135 Å². The summed E-state index contributed by atoms with van der Waals surface area (Å²) in [4.78, 5) is 14.7. The summed E-state index contributed by atoms with van der Waals surface area (Å²) in [6.45, 7) is 4.61. The maximum Gasteiger partial charge on any atom is 0.227 e. The fraction of sp³-hybridized carbons (Fsp3) is 0.500. The number of nitrogens with two attached hydrogens (primary N) is 1. The number of ether oxygens (including phenoxy) is 1. The number of amides is 1. The highest BCUT2D eigenvalue weighted by molar-refractivity contribution is 5.88. The summed E-state index contributed by atoms with van der Waals surface area (Å²) < 4.78 is 11.3. The Morgan fingerprint density at radius 2 is 2.26 bits per heavy atom. The first-order chi connectivity index (χ1) is 11.1. The van der Waals surface area contributed by atoms with Gasteiger partial charge in [-0.3, -0.25) is 4.79 Å². The number of carbonyl (C=O) groups excluding carboxylic acids is 1. The molecule has 2 aliphatic heterocycles. The van der Waals surface area contributed by atoms with Crippen molar-refractivity contribution in [3.05, 3.63) is 35.6 Å². The molecule has 1 aromatic heterocycles. The second kappa shape index (κ2) is 5.35. The Morgan fingerprint density at radius 3 is 3.09 bits per heavy atom. The first-order valence-electron chi connectivity index (χ1n) is 8.18. The fourth-order valence-corrected chi connectivity index (χ4v) is 3.88. The van der Waals surface area contributed by atoms with E-state index < -0.39 is 0 Å². The van der Waals surface area contributed by atoms with Gasteiger partial charge in [0.05, 0.1) is 13.0 Å². The second-order valence-corrected chi connectivity index (χ2v) is 6.84. The van der Waals surface area contributed by atoms with E-state index in [-0.39, 0.29) is 17.4 Å². The maximum atomic E-state index is 12.8. The van der Waals surface area contributed by atoms with E-state index in [1.165, 1.54) is 0 Å². The summed E-state index contributed by atoms with van der Waals surface area (Å²) in [5.41, 5.74) is 8.05. The van der Waals surface area contributed by atoms with Gasteiger partial charge in [0.25, 0.3) is 0 Å². The minimum Gasteiger partial charge on any atom is -0.461 e. The summed E-state index contributed by atoms with van der Waals surface area (Å²) >= 11 is 0. The van der Waals surface area contributed by atoms with Crippen molar-refractivity contribution in [1.82, 2.24) is 4.90 Å². The van der Waals surface area contributed by atoms with Crippen LogP contribution in [0, 0.1) is 12.8 Å². The summed E-state index contributed by atoms with van der Waals surface area (Å²) in [7, 11) is 0. The van der Waals surface area contributed by atoms with Crippen molar-refractivity contribution >= 4 is 16.9 Å². The van der Waals surface area contributed by atoms with Crippen molar-refractivity contribution in [3.8, 4) is 0 Å². The van der Waals surface area contributed by atoms with Crippen LogP contribution < -0.4 is 5.73 Å². The number of benzene rings is 1. The molecule has 1 amide bonds. The monoisotopic (exact) mass is 314 g/mol. The van der Waals surface area contributed by atoms with Crippen molar-refractivity contribution in [2.45, 2.75) is 25.3 Å². The van der Waals surface area contributed by atoms with Crippen LogP contribution >= 0.6 is 0 Å². The van der Waals surface area contributed by atoms with Crippen LogP contribution in [-0.2, 0) is 16.0 Å². The third kappa shape index (κ3) is 2.44. The normalized spacial score (nSPS) is 27.4. The number of nitrogens with zero attached hydrogens (tertiary/aromatic N) is 1. The Balaban J connectivity index is 1.55. The third-order valence-electron chi connectivity index (χ3n) is 5.35. The number of hydrogen-bond donors (Lipinski definition) is 1. The van der Waals surface area contributed by atoms with E-state index in [9.17, 15) is 4.79 Å². The van der Waals surface area contributed by atoms with E-state index >= 15 is 0 Å². The molecule has 2 saturated heterocycles. The number of likely N-dealkylation sites (tertiary alicyclic amines) is 1. The molecule has 5 heteroatoms. The van der Waals surface area contributed by atoms with Crippen LogP contribution in [0.1, 0.15) is 17.7 Å². The van der Waals surface area contributed by atoms with Crippen LogP contribution in [0.25, 0.3) is 11.0 Å². The predicted molar refractivity (Wildman–Crippen MR) is 87.1 cm³/mol. The van der Waals surface area contributed by atoms with E-state index in [1.54, 1.807) is 0 Å². The van der Waals surface area contributed by atoms with Crippen molar-refractivity contribution in [2.24, 2.45) is 11.7 Å². The van der Waals surface area contributed by atoms with Gasteiger partial charge in [-0.25, -0.2) is 0 Å². The zero-order valence-corrected chi connectivity index (χ0v) is 13.4. The van der Waals surface area contributed by atoms with Gasteiger partial charge in [0.15, 0.2) is 0 Å². The topological polar surface area (TPSA) is 68.7 Å². The Morgan fingerprint density at radius 1 is 1.43 bits per heavy atom. The van der Waals surface area contributed by atoms with Crippen LogP contribution in [0.3, 0.4) is 0 Å². The summed E-state index contributed by atoms with van der Waals surface area (Å²) in [5.74, 6) is 1.20. The van der Waals surface area contributed by atoms with Gasteiger partial charge in [-0.2, -0.15) is 0 Å². The number of carbonyl (C=O) groups is 1. The molecule has 2 fully saturated rings. The van der Waals surface area contributed by atoms with Crippen molar-refractivity contribution < 1.29 is 13.9 Å². The minimum absolute atomic E-state index is 0.124. The van der Waals surface area contributed by atoms with Crippen LogP contribution in [-0.4, -0.2) is 42.6 Å². The number of para-hydroxylation sites is 1. The number of furan rings is 1. The van der Waals surface area contributed by atoms with Crippen molar-refractivity contribution in [3.63, 3.8) is 0 Å². The van der Waals surface area contributed by atoms with E-state index in [2.05, 4.69) is 0 Å². The molecule has 3 heterocycles. The molecule has 122 valence electrons. The Hall–Kier alpha value is -1.85. The van der Waals surface area contributed by atoms with Gasteiger partial charge in [0.2, 0.25) is 5.91 Å². The lowest BCUT2D eigenvalue weighted by Gasteiger charge is -2.34. The van der Waals surface area contributed by atoms with E-state index in [4.69, 9.17) is 14.9 Å². The molecule has 0 spiro atoms. The molecule has 2 atom stereocenters. The zero-order chi connectivity index (χ0) is 16.0. The third-order valence-corrected chi connectivity index (χ3v) is 5.35. The molecule has 0 aliphatic carbocycles. The Kier molecular flexibility index (Phi) is 3.43. The van der Waals surface area contributed by atoms with Crippen LogP contribution in [0.4, 0.5) is 0 Å². The molecule has 1 aromatic carbocycles. The number of fused-ring (bicyclic) bond motifs is 2. The van der Waals surface area contributed by atoms with Crippen LogP contribution in [0.5, 0.6) is 0 Å². The molecule has 0 unspecified atom stereocenters. The minimum atomic E-state index is -0.276. The van der Waals surface area contributed by atoms with Gasteiger partial charge in [0.1, 0.15) is 11.3 Å². The Bertz CT molecular complexity index is 754. The van der Waals surface area contributed by atoms with Crippen LogP contribution in [0.15, 0.2) is 28.7 Å². The van der Waals surface area contributed by atoms with Gasteiger partial charge < -0.3 is 19.8 Å². The molecule has 0 radical (unpaired) electrons. The van der Waals surface area contributed by atoms with Gasteiger partial charge in [-0.05, 0) is 19.4 Å². The lowest BCUT2D eigenvalue weighted by atomic mass is 9.84. The molecule has 0 bridgehead atoms. The molecule has 0 saturated carbocycles. The molecule has 2 aromatic rings. The molecule has 5 nitrogen and oxygen atoms in total. The fourth-order valence-electron chi connectivity index (χ4n) is 3.88. The largest absolute Gasteiger partial charge is 0.461 e. The second-order valence-electron chi connectivity index (χ2n) is 6.84. The molecule has 4 rings (SSSR count). The quantitative estimate of drug-likeness (QED) is 0.918. The van der Waals surface area contributed by atoms with Gasteiger partial charge >= 0.3 is 0 Å². The summed E-state index contributed by atoms with van der Waals surface area (Å²) in [6.07, 6.45) is 1.20. The van der Waals surface area contributed by atoms with Crippen LogP contribution in [0.2, 0.25) is 0 Å². The standard InChI is InChI=1S/C18H22N2O3/c1-12-15(14-4-2-3-5-16(14)23-12)8-17(21)20-9-13-10-22-7-6-18(13,19)11-20/h2-5,13H,6-11,19H2,1H3/t13-,18+/m1/s1. The smallest absolute Gasteiger partial charge is 0.227 e. The lowest BCUT2D eigenvalue weighted by molar-refractivity contribution is -0.129.